The van der Waals surface area contributed by atoms with Crippen molar-refractivity contribution in [2.24, 2.45) is 5.92 Å². The van der Waals surface area contributed by atoms with Crippen molar-refractivity contribution < 1.29 is 4.79 Å². The lowest BCUT2D eigenvalue weighted by Gasteiger charge is -2.17. The number of nitrogen functional groups attached to an aromatic ring is 1. The largest absolute Gasteiger partial charge is 0.397 e. The number of nitrogens with two attached hydrogens (primary N) is 1. The number of nitrogens with one attached hydrogen (secondary N) is 1. The van der Waals surface area contributed by atoms with Crippen LogP contribution in [0.4, 0.5) is 5.69 Å². The Bertz CT molecular complexity index is 392. The molecule has 2 unspecified atom stereocenters. The molecule has 16 heavy (non-hydrogen) atoms. The fourth-order valence-electron chi connectivity index (χ4n) is 2.20. The first-order chi connectivity index (χ1) is 7.68. The van der Waals surface area contributed by atoms with Gasteiger partial charge >= 0.3 is 0 Å². The molecule has 0 bridgehead atoms. The average Bonchev–Trinajstić information content (AvgIpc) is 2.65. The van der Waals surface area contributed by atoms with E-state index in [0.717, 1.165) is 6.42 Å². The second-order valence-electron chi connectivity index (χ2n) is 4.43. The van der Waals surface area contributed by atoms with Gasteiger partial charge in [0.25, 0.3) is 5.91 Å². The highest BCUT2D eigenvalue weighted by atomic mass is 16.2. The lowest BCUT2D eigenvalue weighted by Crippen LogP contribution is -2.37. The summed E-state index contributed by atoms with van der Waals surface area (Å²) < 4.78 is 0. The van der Waals surface area contributed by atoms with Crippen LogP contribution in [0.2, 0.25) is 0 Å². The van der Waals surface area contributed by atoms with Gasteiger partial charge in [0.2, 0.25) is 0 Å². The van der Waals surface area contributed by atoms with Crippen molar-refractivity contribution in [1.29, 1.82) is 0 Å². The van der Waals surface area contributed by atoms with Crippen molar-refractivity contribution in [3.05, 3.63) is 24.0 Å². The smallest absolute Gasteiger partial charge is 0.272 e. The van der Waals surface area contributed by atoms with Crippen molar-refractivity contribution in [3.8, 4) is 0 Å². The van der Waals surface area contributed by atoms with E-state index >= 15 is 0 Å². The molecule has 1 heterocycles. The number of nitrogens with zero attached hydrogens (tertiary/aromatic N) is 1. The summed E-state index contributed by atoms with van der Waals surface area (Å²) >= 11 is 0. The van der Waals surface area contributed by atoms with Crippen molar-refractivity contribution in [1.82, 2.24) is 10.3 Å². The van der Waals surface area contributed by atoms with Gasteiger partial charge in [-0.1, -0.05) is 13.3 Å². The van der Waals surface area contributed by atoms with Gasteiger partial charge in [0.1, 0.15) is 0 Å². The highest BCUT2D eigenvalue weighted by Crippen LogP contribution is 2.25. The number of anilines is 1. The number of pyridine rings is 1. The van der Waals surface area contributed by atoms with Crippen LogP contribution < -0.4 is 11.1 Å². The summed E-state index contributed by atoms with van der Waals surface area (Å²) in [5.41, 5.74) is 6.48. The van der Waals surface area contributed by atoms with E-state index in [1.54, 1.807) is 18.3 Å². The molecule has 1 aliphatic rings. The first kappa shape index (κ1) is 10.9. The number of hydrogen-bond donors (Lipinski definition) is 2. The summed E-state index contributed by atoms with van der Waals surface area (Å²) in [7, 11) is 0. The zero-order valence-electron chi connectivity index (χ0n) is 9.44. The first-order valence-electron chi connectivity index (χ1n) is 5.70. The molecule has 4 nitrogen and oxygen atoms in total. The molecule has 0 radical (unpaired) electrons. The van der Waals surface area contributed by atoms with Gasteiger partial charge in [-0.3, -0.25) is 4.79 Å². The standard InChI is InChI=1S/C12H17N3O/c1-8-4-2-6-10(8)15-12(16)11-9(13)5-3-7-14-11/h3,5,7-8,10H,2,4,6,13H2,1H3,(H,15,16). The number of rotatable bonds is 2. The molecule has 1 fully saturated rings. The number of amides is 1. The molecule has 1 saturated carbocycles. The van der Waals surface area contributed by atoms with Crippen LogP contribution in [-0.4, -0.2) is 16.9 Å². The maximum Gasteiger partial charge on any atom is 0.272 e. The van der Waals surface area contributed by atoms with Crippen LogP contribution in [0.25, 0.3) is 0 Å². The summed E-state index contributed by atoms with van der Waals surface area (Å²) in [6, 6.07) is 3.69. The van der Waals surface area contributed by atoms with Crippen LogP contribution in [0.3, 0.4) is 0 Å². The second-order valence-corrected chi connectivity index (χ2v) is 4.43. The van der Waals surface area contributed by atoms with Gasteiger partial charge in [-0.25, -0.2) is 4.98 Å². The molecule has 0 aliphatic heterocycles. The molecule has 1 aromatic heterocycles. The van der Waals surface area contributed by atoms with Gasteiger partial charge < -0.3 is 11.1 Å². The zero-order valence-corrected chi connectivity index (χ0v) is 9.44. The van der Waals surface area contributed by atoms with Gasteiger partial charge in [0, 0.05) is 12.2 Å². The number of aromatic nitrogens is 1. The maximum atomic E-state index is 11.9. The third-order valence-corrected chi connectivity index (χ3v) is 3.23. The highest BCUT2D eigenvalue weighted by Gasteiger charge is 2.25. The zero-order chi connectivity index (χ0) is 11.5. The number of hydrogen-bond acceptors (Lipinski definition) is 3. The van der Waals surface area contributed by atoms with E-state index in [1.807, 2.05) is 0 Å². The fraction of sp³-hybridized carbons (Fsp3) is 0.500. The van der Waals surface area contributed by atoms with Crippen LogP contribution >= 0.6 is 0 Å². The topological polar surface area (TPSA) is 68.0 Å². The predicted molar refractivity (Wildman–Crippen MR) is 62.9 cm³/mol. The van der Waals surface area contributed by atoms with Crippen molar-refractivity contribution in [2.75, 3.05) is 5.73 Å². The van der Waals surface area contributed by atoms with Gasteiger partial charge in [0.05, 0.1) is 5.69 Å². The number of carbonyl (C=O) groups is 1. The van der Waals surface area contributed by atoms with E-state index in [9.17, 15) is 4.79 Å². The third-order valence-electron chi connectivity index (χ3n) is 3.23. The molecule has 2 atom stereocenters. The Hall–Kier alpha value is -1.58. The number of carbonyl (C=O) groups excluding carboxylic acids is 1. The van der Waals surface area contributed by atoms with Crippen molar-refractivity contribution in [2.45, 2.75) is 32.2 Å². The molecule has 4 heteroatoms. The van der Waals surface area contributed by atoms with Crippen LogP contribution in [-0.2, 0) is 0 Å². The van der Waals surface area contributed by atoms with Gasteiger partial charge in [0.15, 0.2) is 5.69 Å². The summed E-state index contributed by atoms with van der Waals surface area (Å²) in [4.78, 5) is 15.9. The lowest BCUT2D eigenvalue weighted by molar-refractivity contribution is 0.0925. The van der Waals surface area contributed by atoms with E-state index in [2.05, 4.69) is 17.2 Å². The van der Waals surface area contributed by atoms with Gasteiger partial charge in [-0.15, -0.1) is 0 Å². The molecule has 0 aromatic carbocycles. The van der Waals surface area contributed by atoms with E-state index in [0.29, 0.717) is 17.3 Å². The third kappa shape index (κ3) is 2.15. The Morgan fingerprint density at radius 1 is 1.56 bits per heavy atom. The van der Waals surface area contributed by atoms with Gasteiger partial charge in [-0.2, -0.15) is 0 Å². The van der Waals surface area contributed by atoms with Crippen LogP contribution in [0, 0.1) is 5.92 Å². The normalized spacial score (nSPS) is 24.3. The molecular formula is C12H17N3O. The van der Waals surface area contributed by atoms with Crippen LogP contribution in [0.15, 0.2) is 18.3 Å². The Balaban J connectivity index is 2.06. The highest BCUT2D eigenvalue weighted by molar-refractivity contribution is 5.97. The summed E-state index contributed by atoms with van der Waals surface area (Å²) in [6.45, 7) is 2.17. The molecule has 0 saturated heterocycles. The maximum absolute atomic E-state index is 11.9. The molecule has 2 rings (SSSR count). The fourth-order valence-corrected chi connectivity index (χ4v) is 2.20. The van der Waals surface area contributed by atoms with E-state index in [-0.39, 0.29) is 11.9 Å². The van der Waals surface area contributed by atoms with Crippen LogP contribution in [0.1, 0.15) is 36.7 Å². The molecule has 1 aliphatic carbocycles. The molecular weight excluding hydrogens is 202 g/mol. The SMILES string of the molecule is CC1CCCC1NC(=O)c1ncccc1N. The quantitative estimate of drug-likeness (QED) is 0.793. The Labute approximate surface area is 95.3 Å². The second kappa shape index (κ2) is 4.51. The van der Waals surface area contributed by atoms with Crippen LogP contribution in [0.5, 0.6) is 0 Å². The van der Waals surface area contributed by atoms with E-state index < -0.39 is 0 Å². The van der Waals surface area contributed by atoms with Crippen molar-refractivity contribution >= 4 is 11.6 Å². The molecule has 1 amide bonds. The molecule has 1 aromatic rings. The average molecular weight is 219 g/mol. The minimum absolute atomic E-state index is 0.156. The lowest BCUT2D eigenvalue weighted by atomic mass is 10.1. The summed E-state index contributed by atoms with van der Waals surface area (Å²) in [5, 5.41) is 3.00. The van der Waals surface area contributed by atoms with E-state index in [1.165, 1.54) is 12.8 Å². The first-order valence-corrected chi connectivity index (χ1v) is 5.70. The predicted octanol–water partition coefficient (Wildman–Crippen LogP) is 1.58. The Morgan fingerprint density at radius 2 is 2.38 bits per heavy atom. The molecule has 0 spiro atoms. The van der Waals surface area contributed by atoms with Crippen molar-refractivity contribution in [3.63, 3.8) is 0 Å². The Kier molecular flexibility index (Phi) is 3.08. The van der Waals surface area contributed by atoms with E-state index in [4.69, 9.17) is 5.73 Å². The molecule has 86 valence electrons. The minimum Gasteiger partial charge on any atom is -0.397 e. The Morgan fingerprint density at radius 3 is 3.00 bits per heavy atom. The summed E-state index contributed by atoms with van der Waals surface area (Å²) in [6.07, 6.45) is 5.01. The molecule has 3 N–H and O–H groups in total. The summed E-state index contributed by atoms with van der Waals surface area (Å²) in [5.74, 6) is 0.394. The monoisotopic (exact) mass is 219 g/mol. The van der Waals surface area contributed by atoms with Gasteiger partial charge in [-0.05, 0) is 30.9 Å². The minimum atomic E-state index is -0.156.